The summed E-state index contributed by atoms with van der Waals surface area (Å²) in [6.45, 7) is 20.5. The first kappa shape index (κ1) is 53.8. The number of aliphatic hydroxyl groups excluding tert-OH is 3. The maximum atomic E-state index is 14.5. The average Bonchev–Trinajstić information content (AvgIpc) is 3.23. The van der Waals surface area contributed by atoms with Crippen molar-refractivity contribution in [3.05, 3.63) is 35.9 Å². The number of ether oxygens (including phenoxy) is 6. The molecular formula is C48H85N3O12. The molecule has 0 saturated carbocycles. The second kappa shape index (κ2) is 23.3. The molecule has 0 bridgehead atoms. The Bertz CT molecular complexity index is 1520. The molecule has 15 nitrogen and oxygen atoms in total. The normalized spacial score (nSPS) is 43.0. The summed E-state index contributed by atoms with van der Waals surface area (Å²) in [5.41, 5.74) is -3.21. The van der Waals surface area contributed by atoms with E-state index >= 15 is 0 Å². The van der Waals surface area contributed by atoms with Gasteiger partial charge in [0.25, 0.3) is 0 Å². The highest BCUT2D eigenvalue weighted by atomic mass is 16.7. The second-order valence-corrected chi connectivity index (χ2v) is 20.1. The van der Waals surface area contributed by atoms with E-state index < -0.39 is 96.0 Å². The molecule has 18 atom stereocenters. The van der Waals surface area contributed by atoms with Gasteiger partial charge in [-0.3, -0.25) is 9.69 Å². The van der Waals surface area contributed by atoms with E-state index in [0.29, 0.717) is 19.5 Å². The third-order valence-electron chi connectivity index (χ3n) is 14.3. The SMILES string of the molecule is CC[C@H]1OC(=O)[C@H](C)[C@@H](O[C@H]2C[C@@](C)(OC)[C@@H](O)[C@H](C)O2)[C@H](C)[C@@H](O[C@@H]2O[C@H](C)C[C@H](N(C)C)[C@H]2O)[C@](C)(O)C[C@@H](C)CN(CCCNCCc2ccccc2)[C@H](C)[C@@H](O)[C@]1(C)O. The maximum Gasteiger partial charge on any atom is 0.311 e. The van der Waals surface area contributed by atoms with Crippen LogP contribution in [0.1, 0.15) is 107 Å². The lowest BCUT2D eigenvalue weighted by atomic mass is 9.77. The van der Waals surface area contributed by atoms with Crippen LogP contribution in [0.5, 0.6) is 0 Å². The lowest BCUT2D eigenvalue weighted by Gasteiger charge is -2.48. The lowest BCUT2D eigenvalue weighted by Crippen LogP contribution is -2.60. The number of rotatable bonds is 14. The first-order valence-electron chi connectivity index (χ1n) is 23.5. The largest absolute Gasteiger partial charge is 0.459 e. The highest BCUT2D eigenvalue weighted by Gasteiger charge is 2.53. The molecule has 3 aliphatic rings. The van der Waals surface area contributed by atoms with Gasteiger partial charge in [-0.1, -0.05) is 51.1 Å². The van der Waals surface area contributed by atoms with Crippen molar-refractivity contribution >= 4 is 5.97 Å². The van der Waals surface area contributed by atoms with Crippen LogP contribution in [-0.4, -0.2) is 179 Å². The number of hydrogen-bond donors (Lipinski definition) is 6. The monoisotopic (exact) mass is 896 g/mol. The number of aliphatic hydroxyl groups is 5. The van der Waals surface area contributed by atoms with Crippen molar-refractivity contribution in [3.8, 4) is 0 Å². The van der Waals surface area contributed by atoms with E-state index in [9.17, 15) is 30.3 Å². The Kier molecular flexibility index (Phi) is 19.9. The van der Waals surface area contributed by atoms with Gasteiger partial charge < -0.3 is 64.2 Å². The second-order valence-electron chi connectivity index (χ2n) is 20.1. The van der Waals surface area contributed by atoms with Crippen LogP contribution in [0.2, 0.25) is 0 Å². The molecule has 0 aliphatic carbocycles. The van der Waals surface area contributed by atoms with Crippen LogP contribution in [0, 0.1) is 17.8 Å². The number of methoxy groups -OCH3 is 1. The number of carbonyl (C=O) groups excluding carboxylic acids is 1. The number of likely N-dealkylation sites (N-methyl/N-ethyl adjacent to an activating group) is 1. The number of hydrogen-bond acceptors (Lipinski definition) is 15. The van der Waals surface area contributed by atoms with Crippen molar-refractivity contribution < 1.29 is 58.7 Å². The molecule has 0 aromatic heterocycles. The minimum absolute atomic E-state index is 0.125. The van der Waals surface area contributed by atoms with E-state index in [0.717, 1.165) is 25.9 Å². The smallest absolute Gasteiger partial charge is 0.311 e. The molecule has 6 N–H and O–H groups in total. The standard InChI is InChI=1S/C48H85N3O12/c1-14-37-48(10,57)41(53)33(6)51(24-18-22-49-23-21-35-19-16-15-17-20-35)28-29(2)26-46(8,56)43(63-45-39(52)36(50(11)12)25-30(3)59-45)31(4)40(32(5)44(55)61-37)62-38-27-47(9,58-13)42(54)34(7)60-38/h15-17,19-20,29-34,36-43,45,49,52-54,56-57H,14,18,21-28H2,1-13H3/t29-,30-,31+,32-,33-,34+,36+,37-,38+,39-,40+,41-,42+,43-,45+,46-,47-,48-/m1/s1. The molecule has 0 unspecified atom stereocenters. The van der Waals surface area contributed by atoms with E-state index in [-0.39, 0.29) is 37.3 Å². The molecule has 3 aliphatic heterocycles. The summed E-state index contributed by atoms with van der Waals surface area (Å²) < 4.78 is 38.1. The Hall–Kier alpha value is -1.83. The lowest BCUT2D eigenvalue weighted by molar-refractivity contribution is -0.318. The van der Waals surface area contributed by atoms with Crippen LogP contribution in [0.25, 0.3) is 0 Å². The molecule has 4 rings (SSSR count). The number of nitrogens with zero attached hydrogens (tertiary/aromatic N) is 2. The number of carbonyl (C=O) groups is 1. The van der Waals surface area contributed by atoms with Crippen molar-refractivity contribution in [2.75, 3.05) is 47.4 Å². The first-order chi connectivity index (χ1) is 29.5. The van der Waals surface area contributed by atoms with E-state index in [2.05, 4.69) is 22.3 Å². The van der Waals surface area contributed by atoms with Crippen LogP contribution in [0.15, 0.2) is 30.3 Å². The van der Waals surface area contributed by atoms with E-state index in [1.807, 2.05) is 64.9 Å². The van der Waals surface area contributed by atoms with Crippen LogP contribution < -0.4 is 5.32 Å². The van der Waals surface area contributed by atoms with Crippen molar-refractivity contribution in [3.63, 3.8) is 0 Å². The van der Waals surface area contributed by atoms with Gasteiger partial charge in [0.05, 0.1) is 41.5 Å². The van der Waals surface area contributed by atoms with Gasteiger partial charge in [0.2, 0.25) is 0 Å². The summed E-state index contributed by atoms with van der Waals surface area (Å²) in [5, 5.41) is 63.3. The van der Waals surface area contributed by atoms with Gasteiger partial charge in [-0.15, -0.1) is 0 Å². The summed E-state index contributed by atoms with van der Waals surface area (Å²) in [5.74, 6) is -2.66. The zero-order chi connectivity index (χ0) is 47.0. The highest BCUT2D eigenvalue weighted by Crippen LogP contribution is 2.40. The molecular weight excluding hydrogens is 811 g/mol. The summed E-state index contributed by atoms with van der Waals surface area (Å²) in [6, 6.07) is 9.45. The van der Waals surface area contributed by atoms with E-state index in [4.69, 9.17) is 28.4 Å². The maximum absolute atomic E-state index is 14.5. The Labute approximate surface area is 378 Å². The van der Waals surface area contributed by atoms with Crippen LogP contribution in [-0.2, 0) is 39.6 Å². The molecule has 63 heavy (non-hydrogen) atoms. The molecule has 3 saturated heterocycles. The third-order valence-corrected chi connectivity index (χ3v) is 14.3. The van der Waals surface area contributed by atoms with Gasteiger partial charge in [0.1, 0.15) is 30.0 Å². The third kappa shape index (κ3) is 13.6. The van der Waals surface area contributed by atoms with Crippen LogP contribution in [0.3, 0.4) is 0 Å². The average molecular weight is 896 g/mol. The van der Waals surface area contributed by atoms with Crippen molar-refractivity contribution in [1.29, 1.82) is 0 Å². The zero-order valence-corrected chi connectivity index (χ0v) is 40.6. The van der Waals surface area contributed by atoms with Gasteiger partial charge >= 0.3 is 5.97 Å². The van der Waals surface area contributed by atoms with E-state index in [1.165, 1.54) is 19.6 Å². The predicted molar refractivity (Wildman–Crippen MR) is 241 cm³/mol. The number of benzene rings is 1. The molecule has 1 aromatic carbocycles. The molecule has 3 heterocycles. The van der Waals surface area contributed by atoms with Crippen molar-refractivity contribution in [1.82, 2.24) is 15.1 Å². The summed E-state index contributed by atoms with van der Waals surface area (Å²) in [7, 11) is 5.31. The quantitative estimate of drug-likeness (QED) is 0.117. The Morgan fingerprint density at radius 1 is 0.921 bits per heavy atom. The molecule has 15 heteroatoms. The van der Waals surface area contributed by atoms with Crippen molar-refractivity contribution in [2.45, 2.75) is 198 Å². The summed E-state index contributed by atoms with van der Waals surface area (Å²) in [4.78, 5) is 18.6. The summed E-state index contributed by atoms with van der Waals surface area (Å²) >= 11 is 0. The van der Waals surface area contributed by atoms with Gasteiger partial charge in [0.15, 0.2) is 12.6 Å². The molecule has 0 amide bonds. The molecule has 1 aromatic rings. The fraction of sp³-hybridized carbons (Fsp3) is 0.854. The number of cyclic esters (lactones) is 1. The van der Waals surface area contributed by atoms with E-state index in [1.54, 1.807) is 34.6 Å². The predicted octanol–water partition coefficient (Wildman–Crippen LogP) is 3.49. The van der Waals surface area contributed by atoms with Gasteiger partial charge in [0, 0.05) is 38.1 Å². The minimum atomic E-state index is -1.84. The number of nitrogens with one attached hydrogen (secondary N) is 1. The molecule has 0 spiro atoms. The molecule has 0 radical (unpaired) electrons. The van der Waals surface area contributed by atoms with Crippen molar-refractivity contribution in [2.24, 2.45) is 17.8 Å². The zero-order valence-electron chi connectivity index (χ0n) is 40.6. The topological polar surface area (TPSA) is 192 Å². The fourth-order valence-corrected chi connectivity index (χ4v) is 10.3. The molecule has 364 valence electrons. The number of esters is 1. The fourth-order valence-electron chi connectivity index (χ4n) is 10.3. The van der Waals surface area contributed by atoms with Crippen LogP contribution in [0.4, 0.5) is 0 Å². The van der Waals surface area contributed by atoms with Gasteiger partial charge in [-0.2, -0.15) is 0 Å². The van der Waals surface area contributed by atoms with Crippen LogP contribution >= 0.6 is 0 Å². The molecule has 3 fully saturated rings. The highest BCUT2D eigenvalue weighted by molar-refractivity contribution is 5.73. The van der Waals surface area contributed by atoms with Gasteiger partial charge in [-0.05, 0) is 126 Å². The summed E-state index contributed by atoms with van der Waals surface area (Å²) in [6.07, 6.45) is -6.78. The Morgan fingerprint density at radius 3 is 2.21 bits per heavy atom. The Morgan fingerprint density at radius 2 is 1.59 bits per heavy atom. The Balaban J connectivity index is 1.74. The minimum Gasteiger partial charge on any atom is -0.459 e. The van der Waals surface area contributed by atoms with Gasteiger partial charge in [-0.25, -0.2) is 0 Å². The first-order valence-corrected chi connectivity index (χ1v) is 23.5.